The fourth-order valence-corrected chi connectivity index (χ4v) is 4.36. The van der Waals surface area contributed by atoms with Crippen molar-refractivity contribution in [2.24, 2.45) is 7.05 Å². The average Bonchev–Trinajstić information content (AvgIpc) is 3.25. The minimum absolute atomic E-state index is 0.219. The molecule has 0 fully saturated rings. The summed E-state index contributed by atoms with van der Waals surface area (Å²) < 4.78 is 1.90. The fraction of sp³-hybridized carbons (Fsp3) is 0.235. The number of carbonyl (C=O) groups excluding carboxylic acids is 1. The largest absolute Gasteiger partial charge is 0.324 e. The number of thioether (sulfide) groups is 1. The monoisotopic (exact) mass is 460 g/mol. The lowest BCUT2D eigenvalue weighted by Gasteiger charge is -2.13. The maximum atomic E-state index is 12.5. The molecule has 0 bridgehead atoms. The first kappa shape index (κ1) is 20.5. The number of nitrogens with zero attached hydrogens (tertiary/aromatic N) is 3. The molecule has 2 heterocycles. The number of nitrogens with one attached hydrogen (secondary N) is 1. The number of halogens is 3. The van der Waals surface area contributed by atoms with Crippen molar-refractivity contribution in [1.82, 2.24) is 14.8 Å². The highest BCUT2D eigenvalue weighted by molar-refractivity contribution is 8.00. The van der Waals surface area contributed by atoms with Gasteiger partial charge in [0.25, 0.3) is 0 Å². The van der Waals surface area contributed by atoms with E-state index in [1.165, 1.54) is 28.8 Å². The minimum Gasteiger partial charge on any atom is -0.324 e. The molecule has 3 rings (SSSR count). The van der Waals surface area contributed by atoms with Crippen LogP contribution in [-0.4, -0.2) is 25.9 Å². The van der Waals surface area contributed by atoms with Crippen LogP contribution in [0.2, 0.25) is 15.1 Å². The van der Waals surface area contributed by atoms with E-state index in [2.05, 4.69) is 21.6 Å². The van der Waals surface area contributed by atoms with Gasteiger partial charge in [-0.05, 0) is 30.5 Å². The second-order valence-corrected chi connectivity index (χ2v) is 9.27. The molecule has 142 valence electrons. The third-order valence-electron chi connectivity index (χ3n) is 3.76. The summed E-state index contributed by atoms with van der Waals surface area (Å²) in [4.78, 5) is 13.7. The Kier molecular flexibility index (Phi) is 6.70. The Balaban J connectivity index is 1.66. The van der Waals surface area contributed by atoms with Gasteiger partial charge in [0.1, 0.15) is 5.82 Å². The zero-order chi connectivity index (χ0) is 19.6. The molecule has 0 spiro atoms. The fourth-order valence-electron chi connectivity index (χ4n) is 2.23. The van der Waals surface area contributed by atoms with Crippen LogP contribution in [0.15, 0.2) is 34.8 Å². The molecule has 27 heavy (non-hydrogen) atoms. The third-order valence-corrected chi connectivity index (χ3v) is 6.80. The Hall–Kier alpha value is -1.25. The van der Waals surface area contributed by atoms with E-state index in [1.807, 2.05) is 23.1 Å². The van der Waals surface area contributed by atoms with Crippen LogP contribution >= 0.6 is 57.9 Å². The normalized spacial score (nSPS) is 12.2. The molecular formula is C17H15Cl3N4OS2. The van der Waals surface area contributed by atoms with Crippen LogP contribution in [0.3, 0.4) is 0 Å². The Morgan fingerprint density at radius 1 is 1.26 bits per heavy atom. The highest BCUT2D eigenvalue weighted by Gasteiger charge is 2.20. The standard InChI is InChI=1S/C17H15Cl3N4OS2/c1-9(16(25)21-14-8-12(19)11(18)7-13(14)20)27-17-23-22-15(24(17)2)6-10-4-3-5-26-10/h3-5,7-9H,6H2,1-2H3,(H,21,25). The molecule has 1 aromatic carbocycles. The molecule has 0 saturated carbocycles. The number of anilines is 1. The average molecular weight is 462 g/mol. The Bertz CT molecular complexity index is 959. The third kappa shape index (κ3) is 4.97. The van der Waals surface area contributed by atoms with Crippen molar-refractivity contribution in [2.45, 2.75) is 23.8 Å². The van der Waals surface area contributed by atoms with E-state index in [0.717, 1.165) is 5.82 Å². The first-order chi connectivity index (χ1) is 12.8. The van der Waals surface area contributed by atoms with Gasteiger partial charge in [0.15, 0.2) is 5.16 Å². The van der Waals surface area contributed by atoms with E-state index in [0.29, 0.717) is 32.3 Å². The molecule has 0 saturated heterocycles. The molecule has 3 aromatic rings. The lowest BCUT2D eigenvalue weighted by Crippen LogP contribution is -2.23. The van der Waals surface area contributed by atoms with Crippen LogP contribution in [0.1, 0.15) is 17.6 Å². The van der Waals surface area contributed by atoms with E-state index in [4.69, 9.17) is 34.8 Å². The number of benzene rings is 1. The maximum Gasteiger partial charge on any atom is 0.237 e. The highest BCUT2D eigenvalue weighted by Crippen LogP contribution is 2.33. The summed E-state index contributed by atoms with van der Waals surface area (Å²) in [5, 5.41) is 14.5. The summed E-state index contributed by atoms with van der Waals surface area (Å²) in [6.07, 6.45) is 0.710. The van der Waals surface area contributed by atoms with Crippen LogP contribution in [0.5, 0.6) is 0 Å². The number of amides is 1. The van der Waals surface area contributed by atoms with Gasteiger partial charge in [0.05, 0.1) is 26.0 Å². The minimum atomic E-state index is -0.409. The van der Waals surface area contributed by atoms with Crippen LogP contribution in [0.4, 0.5) is 5.69 Å². The highest BCUT2D eigenvalue weighted by atomic mass is 35.5. The molecule has 5 nitrogen and oxygen atoms in total. The van der Waals surface area contributed by atoms with E-state index in [1.54, 1.807) is 18.3 Å². The molecule has 10 heteroatoms. The molecule has 0 aliphatic carbocycles. The summed E-state index contributed by atoms with van der Waals surface area (Å²) in [6, 6.07) is 7.09. The molecule has 1 N–H and O–H groups in total. The number of hydrogen-bond acceptors (Lipinski definition) is 5. The number of hydrogen-bond donors (Lipinski definition) is 1. The predicted molar refractivity (Wildman–Crippen MR) is 114 cm³/mol. The summed E-state index contributed by atoms with van der Waals surface area (Å²) in [5.41, 5.74) is 0.417. The van der Waals surface area contributed by atoms with Gasteiger partial charge in [-0.2, -0.15) is 0 Å². The quantitative estimate of drug-likeness (QED) is 0.386. The van der Waals surface area contributed by atoms with Crippen molar-refractivity contribution >= 4 is 69.5 Å². The van der Waals surface area contributed by atoms with Gasteiger partial charge >= 0.3 is 0 Å². The number of thiophene rings is 1. The maximum absolute atomic E-state index is 12.5. The SMILES string of the molecule is CC(Sc1nnc(Cc2cccs2)n1C)C(=O)Nc1cc(Cl)c(Cl)cc1Cl. The lowest BCUT2D eigenvalue weighted by molar-refractivity contribution is -0.115. The molecular weight excluding hydrogens is 447 g/mol. The van der Waals surface area contributed by atoms with Crippen molar-refractivity contribution in [2.75, 3.05) is 5.32 Å². The number of rotatable bonds is 6. The van der Waals surface area contributed by atoms with Crippen molar-refractivity contribution in [3.8, 4) is 0 Å². The van der Waals surface area contributed by atoms with Crippen LogP contribution in [0.25, 0.3) is 0 Å². The Morgan fingerprint density at radius 2 is 2.00 bits per heavy atom. The number of carbonyl (C=O) groups is 1. The summed E-state index contributed by atoms with van der Waals surface area (Å²) in [6.45, 7) is 1.79. The van der Waals surface area contributed by atoms with E-state index < -0.39 is 5.25 Å². The zero-order valence-corrected chi connectivity index (χ0v) is 18.3. The molecule has 1 amide bonds. The first-order valence-corrected chi connectivity index (χ1v) is 10.8. The molecule has 1 unspecified atom stereocenters. The van der Waals surface area contributed by atoms with Gasteiger partial charge in [0.2, 0.25) is 5.91 Å². The van der Waals surface area contributed by atoms with Gasteiger partial charge in [-0.3, -0.25) is 4.79 Å². The van der Waals surface area contributed by atoms with Gasteiger partial charge in [-0.15, -0.1) is 21.5 Å². The second kappa shape index (κ2) is 8.84. The molecule has 0 aliphatic rings. The smallest absolute Gasteiger partial charge is 0.237 e. The Labute approximate surface area is 180 Å². The summed E-state index contributed by atoms with van der Waals surface area (Å²) >= 11 is 21.0. The zero-order valence-electron chi connectivity index (χ0n) is 14.4. The second-order valence-electron chi connectivity index (χ2n) is 5.71. The summed E-state index contributed by atoms with van der Waals surface area (Å²) in [5.74, 6) is 0.628. The Morgan fingerprint density at radius 3 is 2.70 bits per heavy atom. The number of aromatic nitrogens is 3. The van der Waals surface area contributed by atoms with Crippen LogP contribution in [-0.2, 0) is 18.3 Å². The van der Waals surface area contributed by atoms with Gasteiger partial charge in [-0.25, -0.2) is 0 Å². The van der Waals surface area contributed by atoms with Gasteiger partial charge in [0, 0.05) is 18.3 Å². The lowest BCUT2D eigenvalue weighted by atomic mass is 10.3. The first-order valence-electron chi connectivity index (χ1n) is 7.88. The molecule has 2 aromatic heterocycles. The van der Waals surface area contributed by atoms with Crippen molar-refractivity contribution < 1.29 is 4.79 Å². The summed E-state index contributed by atoms with van der Waals surface area (Å²) in [7, 11) is 1.89. The van der Waals surface area contributed by atoms with E-state index in [9.17, 15) is 4.79 Å². The molecule has 0 radical (unpaired) electrons. The van der Waals surface area contributed by atoms with Gasteiger partial charge < -0.3 is 9.88 Å². The van der Waals surface area contributed by atoms with E-state index in [-0.39, 0.29) is 5.91 Å². The van der Waals surface area contributed by atoms with Crippen molar-refractivity contribution in [3.05, 3.63) is 55.4 Å². The van der Waals surface area contributed by atoms with Crippen molar-refractivity contribution in [3.63, 3.8) is 0 Å². The van der Waals surface area contributed by atoms with Gasteiger partial charge in [-0.1, -0.05) is 52.6 Å². The van der Waals surface area contributed by atoms with E-state index >= 15 is 0 Å². The van der Waals surface area contributed by atoms with Crippen LogP contribution in [0, 0.1) is 0 Å². The predicted octanol–water partition coefficient (Wildman–Crippen LogP) is 5.55. The molecule has 1 atom stereocenters. The van der Waals surface area contributed by atoms with Crippen LogP contribution < -0.4 is 5.32 Å². The topological polar surface area (TPSA) is 59.8 Å². The molecule has 0 aliphatic heterocycles. The van der Waals surface area contributed by atoms with Crippen molar-refractivity contribution in [1.29, 1.82) is 0 Å².